The summed E-state index contributed by atoms with van der Waals surface area (Å²) in [7, 11) is 0. The molecule has 2 N–H and O–H groups in total. The van der Waals surface area contributed by atoms with Crippen molar-refractivity contribution in [1.82, 2.24) is 20.4 Å². The van der Waals surface area contributed by atoms with Gasteiger partial charge in [0.25, 0.3) is 5.91 Å². The second kappa shape index (κ2) is 8.02. The van der Waals surface area contributed by atoms with Crippen molar-refractivity contribution in [3.8, 4) is 0 Å². The number of H-pyrrole nitrogens is 1. The number of nitrogens with zero attached hydrogens (tertiary/aromatic N) is 2. The van der Waals surface area contributed by atoms with Crippen molar-refractivity contribution in [2.45, 2.75) is 39.2 Å². The van der Waals surface area contributed by atoms with Crippen LogP contribution in [-0.4, -0.2) is 40.6 Å². The SMILES string of the molecule is CCc1[nH]nc(C(=O)NC[C@@H](c2ccc(Cl)cc2)N2CCCC2)c1C. The van der Waals surface area contributed by atoms with E-state index in [0.717, 1.165) is 35.8 Å². The molecule has 1 saturated heterocycles. The van der Waals surface area contributed by atoms with Crippen LogP contribution in [0.4, 0.5) is 0 Å². The number of aromatic amines is 1. The molecule has 0 saturated carbocycles. The maximum absolute atomic E-state index is 12.6. The van der Waals surface area contributed by atoms with Gasteiger partial charge in [0.2, 0.25) is 0 Å². The van der Waals surface area contributed by atoms with E-state index < -0.39 is 0 Å². The molecule has 25 heavy (non-hydrogen) atoms. The van der Waals surface area contributed by atoms with E-state index in [1.165, 1.54) is 18.4 Å². The number of carbonyl (C=O) groups is 1. The fraction of sp³-hybridized carbons (Fsp3) is 0.474. The van der Waals surface area contributed by atoms with Crippen molar-refractivity contribution >= 4 is 17.5 Å². The molecule has 0 aliphatic carbocycles. The molecule has 1 fully saturated rings. The number of likely N-dealkylation sites (tertiary alicyclic amines) is 1. The molecule has 1 aromatic carbocycles. The number of amides is 1. The molecule has 1 atom stereocenters. The van der Waals surface area contributed by atoms with Gasteiger partial charge in [0.1, 0.15) is 0 Å². The van der Waals surface area contributed by atoms with Gasteiger partial charge in [0.05, 0.1) is 6.04 Å². The first-order valence-electron chi connectivity index (χ1n) is 8.91. The van der Waals surface area contributed by atoms with Crippen molar-refractivity contribution in [2.24, 2.45) is 0 Å². The number of hydrogen-bond donors (Lipinski definition) is 2. The summed E-state index contributed by atoms with van der Waals surface area (Å²) in [4.78, 5) is 15.0. The smallest absolute Gasteiger partial charge is 0.272 e. The first kappa shape index (κ1) is 18.0. The zero-order chi connectivity index (χ0) is 17.8. The first-order valence-corrected chi connectivity index (χ1v) is 9.29. The van der Waals surface area contributed by atoms with Crippen LogP contribution in [0.15, 0.2) is 24.3 Å². The van der Waals surface area contributed by atoms with E-state index in [-0.39, 0.29) is 11.9 Å². The summed E-state index contributed by atoms with van der Waals surface area (Å²) in [5.74, 6) is -0.119. The van der Waals surface area contributed by atoms with Gasteiger partial charge in [-0.25, -0.2) is 0 Å². The molecule has 0 bridgehead atoms. The van der Waals surface area contributed by atoms with Gasteiger partial charge in [-0.2, -0.15) is 5.10 Å². The number of rotatable bonds is 6. The lowest BCUT2D eigenvalue weighted by molar-refractivity contribution is 0.0932. The number of hydrogen-bond acceptors (Lipinski definition) is 3. The molecule has 0 radical (unpaired) electrons. The van der Waals surface area contributed by atoms with Gasteiger partial charge in [-0.15, -0.1) is 0 Å². The maximum atomic E-state index is 12.6. The molecule has 3 rings (SSSR count). The summed E-state index contributed by atoms with van der Waals surface area (Å²) >= 11 is 6.02. The van der Waals surface area contributed by atoms with Gasteiger partial charge in [0, 0.05) is 22.8 Å². The van der Waals surface area contributed by atoms with Crippen LogP contribution in [0, 0.1) is 6.92 Å². The molecule has 134 valence electrons. The highest BCUT2D eigenvalue weighted by atomic mass is 35.5. The third kappa shape index (κ3) is 4.05. The highest BCUT2D eigenvalue weighted by Crippen LogP contribution is 2.26. The summed E-state index contributed by atoms with van der Waals surface area (Å²) < 4.78 is 0. The number of nitrogens with one attached hydrogen (secondary N) is 2. The normalized spacial score (nSPS) is 16.1. The predicted octanol–water partition coefficient (Wildman–Crippen LogP) is 3.50. The topological polar surface area (TPSA) is 61.0 Å². The Morgan fingerprint density at radius 3 is 2.60 bits per heavy atom. The average molecular weight is 361 g/mol. The average Bonchev–Trinajstić information content (AvgIpc) is 3.26. The molecule has 1 aliphatic rings. The summed E-state index contributed by atoms with van der Waals surface area (Å²) in [6.45, 7) is 6.67. The summed E-state index contributed by atoms with van der Waals surface area (Å²) in [5, 5.41) is 10.9. The van der Waals surface area contributed by atoms with Crippen LogP contribution >= 0.6 is 11.6 Å². The minimum atomic E-state index is -0.119. The van der Waals surface area contributed by atoms with Crippen LogP contribution in [-0.2, 0) is 6.42 Å². The Kier molecular flexibility index (Phi) is 5.76. The predicted molar refractivity (Wildman–Crippen MR) is 100 cm³/mol. The van der Waals surface area contributed by atoms with Crippen molar-refractivity contribution < 1.29 is 4.79 Å². The Bertz CT molecular complexity index is 720. The zero-order valence-electron chi connectivity index (χ0n) is 14.8. The molecule has 6 heteroatoms. The lowest BCUT2D eigenvalue weighted by atomic mass is 10.1. The Morgan fingerprint density at radius 1 is 1.32 bits per heavy atom. The fourth-order valence-corrected chi connectivity index (χ4v) is 3.59. The van der Waals surface area contributed by atoms with E-state index in [2.05, 4.69) is 20.4 Å². The summed E-state index contributed by atoms with van der Waals surface area (Å²) in [6, 6.07) is 8.08. The second-order valence-corrected chi connectivity index (χ2v) is 6.99. The van der Waals surface area contributed by atoms with E-state index >= 15 is 0 Å². The Morgan fingerprint density at radius 2 is 2.00 bits per heavy atom. The minimum absolute atomic E-state index is 0.119. The molecule has 2 aromatic rings. The van der Waals surface area contributed by atoms with Crippen LogP contribution in [0.3, 0.4) is 0 Å². The third-order valence-corrected chi connectivity index (χ3v) is 5.22. The number of benzene rings is 1. The van der Waals surface area contributed by atoms with Gasteiger partial charge >= 0.3 is 0 Å². The van der Waals surface area contributed by atoms with Gasteiger partial charge in [-0.05, 0) is 57.0 Å². The fourth-order valence-electron chi connectivity index (χ4n) is 3.47. The lowest BCUT2D eigenvalue weighted by Crippen LogP contribution is -2.37. The van der Waals surface area contributed by atoms with Crippen LogP contribution < -0.4 is 5.32 Å². The molecule has 1 aliphatic heterocycles. The van der Waals surface area contributed by atoms with Gasteiger partial charge in [-0.3, -0.25) is 14.8 Å². The van der Waals surface area contributed by atoms with E-state index in [0.29, 0.717) is 12.2 Å². The van der Waals surface area contributed by atoms with E-state index in [1.807, 2.05) is 38.1 Å². The number of halogens is 1. The van der Waals surface area contributed by atoms with Crippen molar-refractivity contribution in [3.05, 3.63) is 51.8 Å². The third-order valence-electron chi connectivity index (χ3n) is 4.97. The van der Waals surface area contributed by atoms with Crippen molar-refractivity contribution in [2.75, 3.05) is 19.6 Å². The number of carbonyl (C=O) groups excluding carboxylic acids is 1. The quantitative estimate of drug-likeness (QED) is 0.828. The van der Waals surface area contributed by atoms with Crippen molar-refractivity contribution in [3.63, 3.8) is 0 Å². The Labute approximate surface area is 153 Å². The standard InChI is InChI=1S/C19H25ClN4O/c1-3-16-13(2)18(23-22-16)19(25)21-12-17(24-10-4-5-11-24)14-6-8-15(20)9-7-14/h6-9,17H,3-5,10-12H2,1-2H3,(H,21,25)(H,22,23)/t17-/m0/s1. The van der Waals surface area contributed by atoms with E-state index in [1.54, 1.807) is 0 Å². The van der Waals surface area contributed by atoms with Crippen LogP contribution in [0.2, 0.25) is 5.02 Å². The van der Waals surface area contributed by atoms with E-state index in [4.69, 9.17) is 11.6 Å². The van der Waals surface area contributed by atoms with Crippen LogP contribution in [0.25, 0.3) is 0 Å². The zero-order valence-corrected chi connectivity index (χ0v) is 15.6. The molecule has 0 unspecified atom stereocenters. The second-order valence-electron chi connectivity index (χ2n) is 6.55. The molecule has 2 heterocycles. The van der Waals surface area contributed by atoms with Crippen LogP contribution in [0.1, 0.15) is 53.1 Å². The van der Waals surface area contributed by atoms with Gasteiger partial charge in [0.15, 0.2) is 5.69 Å². The summed E-state index contributed by atoms with van der Waals surface area (Å²) in [6.07, 6.45) is 3.25. The summed E-state index contributed by atoms with van der Waals surface area (Å²) in [5.41, 5.74) is 3.62. The monoisotopic (exact) mass is 360 g/mol. The van der Waals surface area contributed by atoms with Crippen LogP contribution in [0.5, 0.6) is 0 Å². The molecule has 0 spiro atoms. The molecular weight excluding hydrogens is 336 g/mol. The van der Waals surface area contributed by atoms with E-state index in [9.17, 15) is 4.79 Å². The minimum Gasteiger partial charge on any atom is -0.349 e. The molecular formula is C19H25ClN4O. The maximum Gasteiger partial charge on any atom is 0.272 e. The van der Waals surface area contributed by atoms with Crippen molar-refractivity contribution in [1.29, 1.82) is 0 Å². The Balaban J connectivity index is 1.72. The highest BCUT2D eigenvalue weighted by Gasteiger charge is 2.25. The number of aromatic nitrogens is 2. The molecule has 1 amide bonds. The largest absolute Gasteiger partial charge is 0.349 e. The number of aryl methyl sites for hydroxylation is 1. The first-order chi connectivity index (χ1) is 12.1. The molecule has 1 aromatic heterocycles. The molecule has 5 nitrogen and oxygen atoms in total. The van der Waals surface area contributed by atoms with Gasteiger partial charge < -0.3 is 5.32 Å². The van der Waals surface area contributed by atoms with Gasteiger partial charge in [-0.1, -0.05) is 30.7 Å². The highest BCUT2D eigenvalue weighted by molar-refractivity contribution is 6.30. The lowest BCUT2D eigenvalue weighted by Gasteiger charge is -2.28. The Hall–Kier alpha value is -1.85.